The smallest absolute Gasteiger partial charge is 0.287 e. The van der Waals surface area contributed by atoms with Gasteiger partial charge in [-0.2, -0.15) is 0 Å². The Hall–Kier alpha value is -3.62. The second kappa shape index (κ2) is 9.48. The van der Waals surface area contributed by atoms with Crippen LogP contribution in [0.2, 0.25) is 0 Å². The van der Waals surface area contributed by atoms with Crippen LogP contribution in [0.3, 0.4) is 0 Å². The van der Waals surface area contributed by atoms with Gasteiger partial charge in [-0.1, -0.05) is 54.6 Å². The van der Waals surface area contributed by atoms with Gasteiger partial charge in [0.1, 0.15) is 11.3 Å². The highest BCUT2D eigenvalue weighted by Crippen LogP contribution is 2.36. The van der Waals surface area contributed by atoms with E-state index in [0.29, 0.717) is 16.9 Å². The monoisotopic (exact) mass is 464 g/mol. The van der Waals surface area contributed by atoms with Gasteiger partial charge in [-0.15, -0.1) is 0 Å². The Bertz CT molecular complexity index is 1380. The minimum atomic E-state index is -3.34. The number of amides is 1. The summed E-state index contributed by atoms with van der Waals surface area (Å²) in [6, 6.07) is 22.1. The van der Waals surface area contributed by atoms with E-state index in [1.54, 1.807) is 37.4 Å². The van der Waals surface area contributed by atoms with Gasteiger partial charge in [-0.25, -0.2) is 13.1 Å². The summed E-state index contributed by atoms with van der Waals surface area (Å²) in [6.07, 6.45) is 0. The third kappa shape index (κ3) is 5.08. The molecule has 0 saturated heterocycles. The van der Waals surface area contributed by atoms with Crippen LogP contribution in [0.5, 0.6) is 5.75 Å². The van der Waals surface area contributed by atoms with Crippen LogP contribution in [-0.2, 0) is 22.3 Å². The van der Waals surface area contributed by atoms with E-state index in [-0.39, 0.29) is 24.0 Å². The number of benzene rings is 3. The Morgan fingerprint density at radius 3 is 2.33 bits per heavy atom. The molecule has 2 N–H and O–H groups in total. The molecule has 0 radical (unpaired) electrons. The number of carbonyl (C=O) groups excluding carboxylic acids is 1. The number of fused-ring (bicyclic) bond motifs is 1. The van der Waals surface area contributed by atoms with E-state index >= 15 is 0 Å². The zero-order chi connectivity index (χ0) is 23.4. The van der Waals surface area contributed by atoms with Crippen molar-refractivity contribution in [1.82, 2.24) is 10.0 Å². The fourth-order valence-electron chi connectivity index (χ4n) is 3.56. The normalized spacial score (nSPS) is 11.5. The topological polar surface area (TPSA) is 97.6 Å². The van der Waals surface area contributed by atoms with Crippen molar-refractivity contribution >= 4 is 26.9 Å². The van der Waals surface area contributed by atoms with Crippen molar-refractivity contribution in [3.8, 4) is 16.9 Å². The second-order valence-electron chi connectivity index (χ2n) is 7.50. The summed E-state index contributed by atoms with van der Waals surface area (Å²) in [4.78, 5) is 13.1. The van der Waals surface area contributed by atoms with Crippen LogP contribution in [0.1, 0.15) is 21.7 Å². The number of methoxy groups -OCH3 is 1. The molecule has 0 atom stereocenters. The first-order valence-electron chi connectivity index (χ1n) is 10.3. The van der Waals surface area contributed by atoms with Crippen LogP contribution in [0.15, 0.2) is 77.2 Å². The number of hydrogen-bond donors (Lipinski definition) is 2. The maximum atomic E-state index is 13.1. The standard InChI is InChI=1S/C25H24N2O5S/c1-26-33(29,30)16-18-10-8-17(9-11-18)15-27-25(28)24-23(19-6-4-3-5-7-19)21-13-12-20(31-2)14-22(21)32-24/h3-14,26H,15-16H2,1-2H3,(H,27,28). The fourth-order valence-corrected chi connectivity index (χ4v) is 4.34. The molecule has 1 amide bonds. The van der Waals surface area contributed by atoms with Gasteiger partial charge in [0.25, 0.3) is 5.91 Å². The summed E-state index contributed by atoms with van der Waals surface area (Å²) in [6.45, 7) is 0.270. The van der Waals surface area contributed by atoms with Gasteiger partial charge in [0.05, 0.1) is 12.9 Å². The average Bonchev–Trinajstić information content (AvgIpc) is 3.22. The van der Waals surface area contributed by atoms with E-state index in [1.807, 2.05) is 42.5 Å². The number of carbonyl (C=O) groups is 1. The Labute approximate surface area is 192 Å². The fraction of sp³-hybridized carbons (Fsp3) is 0.160. The molecule has 0 fully saturated rings. The van der Waals surface area contributed by atoms with Gasteiger partial charge in [0.15, 0.2) is 0 Å². The van der Waals surface area contributed by atoms with E-state index in [9.17, 15) is 13.2 Å². The number of hydrogen-bond acceptors (Lipinski definition) is 5. The van der Waals surface area contributed by atoms with Crippen LogP contribution in [0, 0.1) is 0 Å². The lowest BCUT2D eigenvalue weighted by Gasteiger charge is -2.07. The van der Waals surface area contributed by atoms with Crippen molar-refractivity contribution in [3.05, 3.63) is 89.7 Å². The van der Waals surface area contributed by atoms with Crippen LogP contribution in [0.25, 0.3) is 22.1 Å². The van der Waals surface area contributed by atoms with E-state index < -0.39 is 10.0 Å². The summed E-state index contributed by atoms with van der Waals surface area (Å²) in [5.41, 5.74) is 3.67. The first-order chi connectivity index (χ1) is 15.9. The lowest BCUT2D eigenvalue weighted by atomic mass is 10.0. The Balaban J connectivity index is 1.58. The van der Waals surface area contributed by atoms with Gasteiger partial charge < -0.3 is 14.5 Å². The molecule has 1 heterocycles. The number of rotatable bonds is 8. The lowest BCUT2D eigenvalue weighted by Crippen LogP contribution is -2.23. The van der Waals surface area contributed by atoms with Crippen molar-refractivity contribution in [3.63, 3.8) is 0 Å². The van der Waals surface area contributed by atoms with Gasteiger partial charge >= 0.3 is 0 Å². The largest absolute Gasteiger partial charge is 0.497 e. The summed E-state index contributed by atoms with van der Waals surface area (Å²) < 4.78 is 37.0. The minimum Gasteiger partial charge on any atom is -0.497 e. The van der Waals surface area contributed by atoms with Gasteiger partial charge in [0.2, 0.25) is 15.8 Å². The van der Waals surface area contributed by atoms with Gasteiger partial charge in [-0.05, 0) is 35.9 Å². The number of sulfonamides is 1. The summed E-state index contributed by atoms with van der Waals surface area (Å²) in [5, 5.41) is 3.72. The predicted molar refractivity (Wildman–Crippen MR) is 127 cm³/mol. The molecular weight excluding hydrogens is 440 g/mol. The second-order valence-corrected chi connectivity index (χ2v) is 9.42. The number of nitrogens with one attached hydrogen (secondary N) is 2. The molecular formula is C25H24N2O5S. The van der Waals surface area contributed by atoms with Crippen molar-refractivity contribution in [2.45, 2.75) is 12.3 Å². The molecule has 0 aliphatic rings. The van der Waals surface area contributed by atoms with Gasteiger partial charge in [-0.3, -0.25) is 4.79 Å². The molecule has 0 spiro atoms. The molecule has 0 unspecified atom stereocenters. The van der Waals surface area contributed by atoms with E-state index in [4.69, 9.17) is 9.15 Å². The van der Waals surface area contributed by atoms with Gasteiger partial charge in [0, 0.05) is 23.6 Å². The molecule has 0 bridgehead atoms. The zero-order valence-corrected chi connectivity index (χ0v) is 19.1. The third-order valence-electron chi connectivity index (χ3n) is 5.31. The first kappa shape index (κ1) is 22.6. The highest BCUT2D eigenvalue weighted by Gasteiger charge is 2.22. The molecule has 170 valence electrons. The molecule has 7 nitrogen and oxygen atoms in total. The minimum absolute atomic E-state index is 0.0982. The SMILES string of the molecule is CNS(=O)(=O)Cc1ccc(CNC(=O)c2oc3cc(OC)ccc3c2-c2ccccc2)cc1. The number of ether oxygens (including phenoxy) is 1. The quantitative estimate of drug-likeness (QED) is 0.409. The summed E-state index contributed by atoms with van der Waals surface area (Å²) in [7, 11) is -0.373. The zero-order valence-electron chi connectivity index (χ0n) is 18.3. The van der Waals surface area contributed by atoms with Crippen LogP contribution in [-0.4, -0.2) is 28.5 Å². The molecule has 4 aromatic rings. The van der Waals surface area contributed by atoms with E-state index in [1.165, 1.54) is 7.05 Å². The van der Waals surface area contributed by atoms with Crippen molar-refractivity contribution in [2.75, 3.05) is 14.2 Å². The molecule has 4 rings (SSSR count). The molecule has 1 aromatic heterocycles. The average molecular weight is 465 g/mol. The molecule has 3 aromatic carbocycles. The van der Waals surface area contributed by atoms with Crippen LogP contribution in [0.4, 0.5) is 0 Å². The first-order valence-corrected chi connectivity index (χ1v) is 12.0. The van der Waals surface area contributed by atoms with E-state index in [2.05, 4.69) is 10.0 Å². The third-order valence-corrected chi connectivity index (χ3v) is 6.65. The maximum Gasteiger partial charge on any atom is 0.287 e. The lowest BCUT2D eigenvalue weighted by molar-refractivity contribution is 0.0926. The summed E-state index contributed by atoms with van der Waals surface area (Å²) in [5.74, 6) is 0.425. The Kier molecular flexibility index (Phi) is 6.48. The molecule has 0 aliphatic heterocycles. The molecule has 0 aliphatic carbocycles. The predicted octanol–water partition coefficient (Wildman–Crippen LogP) is 4.09. The highest BCUT2D eigenvalue weighted by molar-refractivity contribution is 7.88. The highest BCUT2D eigenvalue weighted by atomic mass is 32.2. The Morgan fingerprint density at radius 1 is 0.970 bits per heavy atom. The van der Waals surface area contributed by atoms with E-state index in [0.717, 1.165) is 22.1 Å². The maximum absolute atomic E-state index is 13.1. The van der Waals surface area contributed by atoms with Crippen LogP contribution < -0.4 is 14.8 Å². The Morgan fingerprint density at radius 2 is 1.67 bits per heavy atom. The summed E-state index contributed by atoms with van der Waals surface area (Å²) >= 11 is 0. The molecule has 8 heteroatoms. The van der Waals surface area contributed by atoms with Crippen molar-refractivity contribution < 1.29 is 22.4 Å². The van der Waals surface area contributed by atoms with Crippen LogP contribution >= 0.6 is 0 Å². The molecule has 33 heavy (non-hydrogen) atoms. The molecule has 0 saturated carbocycles. The van der Waals surface area contributed by atoms with Crippen molar-refractivity contribution in [1.29, 1.82) is 0 Å². The number of furan rings is 1. The van der Waals surface area contributed by atoms with Crippen molar-refractivity contribution in [2.24, 2.45) is 0 Å².